The molecule has 2 aromatic rings. The number of Topliss-reactive ketones (excluding diaryl/α,β-unsaturated/α-hetero) is 1. The molecule has 0 aliphatic rings. The molecule has 98 valence electrons. The molecule has 2 rings (SSSR count). The maximum absolute atomic E-state index is 13.1. The summed E-state index contributed by atoms with van der Waals surface area (Å²) in [6, 6.07) is 9.62. The molecule has 19 heavy (non-hydrogen) atoms. The molecule has 0 atom stereocenters. The summed E-state index contributed by atoms with van der Waals surface area (Å²) in [5.74, 6) is -0.367. The van der Waals surface area contributed by atoms with Crippen molar-refractivity contribution in [1.82, 2.24) is 0 Å². The van der Waals surface area contributed by atoms with E-state index < -0.39 is 0 Å². The summed E-state index contributed by atoms with van der Waals surface area (Å²) in [4.78, 5) is 11.2. The van der Waals surface area contributed by atoms with Gasteiger partial charge in [-0.3, -0.25) is 4.79 Å². The number of carbonyl (C=O) groups excluding carboxylic acids is 1. The molecule has 0 bridgehead atoms. The zero-order valence-electron chi connectivity index (χ0n) is 10.2. The van der Waals surface area contributed by atoms with Crippen molar-refractivity contribution >= 4 is 38.8 Å². The van der Waals surface area contributed by atoms with Crippen molar-refractivity contribution in [3.63, 3.8) is 0 Å². The zero-order chi connectivity index (χ0) is 14.0. The van der Waals surface area contributed by atoms with Crippen LogP contribution in [0.15, 0.2) is 40.9 Å². The maximum Gasteiger partial charge on any atom is 0.159 e. The topological polar surface area (TPSA) is 55.1 Å². The number of halogens is 2. The second kappa shape index (κ2) is 5.40. The Morgan fingerprint density at radius 3 is 2.58 bits per heavy atom. The van der Waals surface area contributed by atoms with E-state index in [1.807, 2.05) is 0 Å². The van der Waals surface area contributed by atoms with Crippen molar-refractivity contribution < 1.29 is 9.18 Å². The molecule has 0 radical (unpaired) electrons. The van der Waals surface area contributed by atoms with Crippen molar-refractivity contribution in [2.75, 3.05) is 11.1 Å². The van der Waals surface area contributed by atoms with Crippen LogP contribution in [-0.4, -0.2) is 5.78 Å². The summed E-state index contributed by atoms with van der Waals surface area (Å²) in [6.45, 7) is 1.49. The van der Waals surface area contributed by atoms with E-state index in [2.05, 4.69) is 21.2 Å². The Kier molecular flexibility index (Phi) is 3.85. The maximum atomic E-state index is 13.1. The summed E-state index contributed by atoms with van der Waals surface area (Å²) in [6.07, 6.45) is 0. The summed E-state index contributed by atoms with van der Waals surface area (Å²) in [7, 11) is 0. The number of hydrogen-bond acceptors (Lipinski definition) is 3. The predicted octanol–water partition coefficient (Wildman–Crippen LogP) is 4.12. The Labute approximate surface area is 118 Å². The van der Waals surface area contributed by atoms with E-state index in [-0.39, 0.29) is 11.6 Å². The Morgan fingerprint density at radius 2 is 2.00 bits per heavy atom. The lowest BCUT2D eigenvalue weighted by molar-refractivity contribution is 0.101. The molecule has 0 amide bonds. The van der Waals surface area contributed by atoms with Gasteiger partial charge in [0.1, 0.15) is 5.82 Å². The van der Waals surface area contributed by atoms with E-state index in [1.165, 1.54) is 13.0 Å². The van der Waals surface area contributed by atoms with E-state index in [0.717, 1.165) is 0 Å². The summed E-state index contributed by atoms with van der Waals surface area (Å²) in [5.41, 5.74) is 8.27. The number of nitrogen functional groups attached to an aromatic ring is 1. The summed E-state index contributed by atoms with van der Waals surface area (Å²) >= 11 is 3.12. The fourth-order valence-corrected chi connectivity index (χ4v) is 2.00. The number of rotatable bonds is 3. The molecule has 0 heterocycles. The van der Waals surface area contributed by atoms with Crippen molar-refractivity contribution in [3.05, 3.63) is 52.3 Å². The van der Waals surface area contributed by atoms with Gasteiger partial charge < -0.3 is 11.1 Å². The molecule has 0 saturated heterocycles. The molecule has 0 saturated carbocycles. The molecule has 5 heteroatoms. The number of ketones is 1. The van der Waals surface area contributed by atoms with E-state index in [0.29, 0.717) is 27.1 Å². The number of benzene rings is 2. The molecular weight excluding hydrogens is 311 g/mol. The molecular formula is C14H12BrFN2O. The highest BCUT2D eigenvalue weighted by Crippen LogP contribution is 2.27. The van der Waals surface area contributed by atoms with Crippen molar-refractivity contribution in [3.8, 4) is 0 Å². The number of carbonyl (C=O) groups is 1. The van der Waals surface area contributed by atoms with Crippen LogP contribution in [0.5, 0.6) is 0 Å². The van der Waals surface area contributed by atoms with Gasteiger partial charge in [-0.15, -0.1) is 0 Å². The van der Waals surface area contributed by atoms with Gasteiger partial charge in [-0.25, -0.2) is 4.39 Å². The van der Waals surface area contributed by atoms with Crippen LogP contribution in [-0.2, 0) is 0 Å². The van der Waals surface area contributed by atoms with Gasteiger partial charge >= 0.3 is 0 Å². The molecule has 3 N–H and O–H groups in total. The van der Waals surface area contributed by atoms with Gasteiger partial charge in [-0.05, 0) is 59.3 Å². The smallest absolute Gasteiger partial charge is 0.159 e. The second-order valence-corrected chi connectivity index (χ2v) is 4.97. The molecule has 0 fully saturated rings. The number of nitrogens with one attached hydrogen (secondary N) is 1. The fourth-order valence-electron chi connectivity index (χ4n) is 1.62. The van der Waals surface area contributed by atoms with Crippen LogP contribution in [0.4, 0.5) is 21.5 Å². The Hall–Kier alpha value is -1.88. The van der Waals surface area contributed by atoms with Crippen LogP contribution in [0.1, 0.15) is 17.3 Å². The standard InChI is InChI=1S/C14H12BrFN2O/c1-8(19)9-2-5-14(13(17)6-9)18-10-3-4-12(16)11(15)7-10/h2-7,18H,17H2,1H3. The van der Waals surface area contributed by atoms with Crippen molar-refractivity contribution in [2.24, 2.45) is 0 Å². The van der Waals surface area contributed by atoms with Crippen LogP contribution < -0.4 is 11.1 Å². The SMILES string of the molecule is CC(=O)c1ccc(Nc2ccc(F)c(Br)c2)c(N)c1. The third kappa shape index (κ3) is 3.12. The third-order valence-corrected chi connectivity index (χ3v) is 3.26. The quantitative estimate of drug-likeness (QED) is 0.660. The number of anilines is 3. The van der Waals surface area contributed by atoms with Gasteiger partial charge in [-0.1, -0.05) is 0 Å². The lowest BCUT2D eigenvalue weighted by atomic mass is 10.1. The Morgan fingerprint density at radius 1 is 1.26 bits per heavy atom. The normalized spacial score (nSPS) is 10.3. The van der Waals surface area contributed by atoms with Crippen molar-refractivity contribution in [2.45, 2.75) is 6.92 Å². The lowest BCUT2D eigenvalue weighted by Gasteiger charge is -2.10. The van der Waals surface area contributed by atoms with Gasteiger partial charge in [0.25, 0.3) is 0 Å². The highest BCUT2D eigenvalue weighted by molar-refractivity contribution is 9.10. The van der Waals surface area contributed by atoms with Gasteiger partial charge in [-0.2, -0.15) is 0 Å². The van der Waals surface area contributed by atoms with Crippen LogP contribution in [0.3, 0.4) is 0 Å². The third-order valence-electron chi connectivity index (χ3n) is 2.66. The average Bonchev–Trinajstić information content (AvgIpc) is 2.36. The first-order valence-corrected chi connectivity index (χ1v) is 6.39. The average molecular weight is 323 g/mol. The first kappa shape index (κ1) is 13.5. The molecule has 3 nitrogen and oxygen atoms in total. The minimum atomic E-state index is -0.328. The number of hydrogen-bond donors (Lipinski definition) is 2. The molecule has 0 aromatic heterocycles. The van der Waals surface area contributed by atoms with E-state index in [4.69, 9.17) is 5.73 Å². The monoisotopic (exact) mass is 322 g/mol. The lowest BCUT2D eigenvalue weighted by Crippen LogP contribution is -2.00. The van der Waals surface area contributed by atoms with Gasteiger partial charge in [0.15, 0.2) is 5.78 Å². The molecule has 2 aromatic carbocycles. The zero-order valence-corrected chi connectivity index (χ0v) is 11.8. The highest BCUT2D eigenvalue weighted by Gasteiger charge is 2.06. The molecule has 0 unspecified atom stereocenters. The summed E-state index contributed by atoms with van der Waals surface area (Å²) in [5, 5.41) is 3.07. The summed E-state index contributed by atoms with van der Waals surface area (Å²) < 4.78 is 13.5. The van der Waals surface area contributed by atoms with Gasteiger partial charge in [0, 0.05) is 11.3 Å². The Bertz CT molecular complexity index is 643. The van der Waals surface area contributed by atoms with E-state index in [1.54, 1.807) is 30.3 Å². The van der Waals surface area contributed by atoms with Crippen molar-refractivity contribution in [1.29, 1.82) is 0 Å². The molecule has 0 aliphatic carbocycles. The second-order valence-electron chi connectivity index (χ2n) is 4.11. The van der Waals surface area contributed by atoms with Crippen LogP contribution >= 0.6 is 15.9 Å². The van der Waals surface area contributed by atoms with Gasteiger partial charge in [0.05, 0.1) is 15.8 Å². The van der Waals surface area contributed by atoms with Crippen LogP contribution in [0.2, 0.25) is 0 Å². The molecule has 0 spiro atoms. The largest absolute Gasteiger partial charge is 0.397 e. The fraction of sp³-hybridized carbons (Fsp3) is 0.0714. The first-order valence-electron chi connectivity index (χ1n) is 5.60. The first-order chi connectivity index (χ1) is 8.97. The minimum absolute atomic E-state index is 0.0391. The highest BCUT2D eigenvalue weighted by atomic mass is 79.9. The van der Waals surface area contributed by atoms with Crippen LogP contribution in [0, 0.1) is 5.82 Å². The van der Waals surface area contributed by atoms with Gasteiger partial charge in [0.2, 0.25) is 0 Å². The number of nitrogens with two attached hydrogens (primary N) is 1. The van der Waals surface area contributed by atoms with E-state index >= 15 is 0 Å². The predicted molar refractivity (Wildman–Crippen MR) is 78.2 cm³/mol. The minimum Gasteiger partial charge on any atom is -0.397 e. The Balaban J connectivity index is 2.28. The van der Waals surface area contributed by atoms with Crippen LogP contribution in [0.25, 0.3) is 0 Å². The van der Waals surface area contributed by atoms with E-state index in [9.17, 15) is 9.18 Å². The molecule has 0 aliphatic heterocycles.